The van der Waals surface area contributed by atoms with Crippen LogP contribution in [0, 0.1) is 0 Å². The van der Waals surface area contributed by atoms with Gasteiger partial charge in [-0.2, -0.15) is 0 Å². The van der Waals surface area contributed by atoms with Gasteiger partial charge in [-0.15, -0.1) is 0 Å². The number of piperazine rings is 1. The van der Waals surface area contributed by atoms with Gasteiger partial charge < -0.3 is 11.1 Å². The number of carbonyl (C=O) groups is 1. The number of hydrogen-bond acceptors (Lipinski definition) is 3. The van der Waals surface area contributed by atoms with Crippen molar-refractivity contribution < 1.29 is 4.79 Å². The Morgan fingerprint density at radius 3 is 2.94 bits per heavy atom. The van der Waals surface area contributed by atoms with E-state index in [4.69, 9.17) is 18.0 Å². The lowest BCUT2D eigenvalue weighted by atomic mass is 10.1. The van der Waals surface area contributed by atoms with Gasteiger partial charge in [0.25, 0.3) is 0 Å². The standard InChI is InChI=1S/C12H15N3OS/c13-12(17)10-4-2-1-3-9(10)7-15-6-5-14-11(16)8-15/h1-4H,5-8H2,(H2,13,17)(H,14,16). The number of thiocarbonyl (C=S) groups is 1. The third-order valence-electron chi connectivity index (χ3n) is 2.79. The predicted octanol–water partition coefficient (Wildman–Crippen LogP) is 0.253. The number of hydrogen-bond donors (Lipinski definition) is 2. The molecule has 0 spiro atoms. The third kappa shape index (κ3) is 3.01. The van der Waals surface area contributed by atoms with Gasteiger partial charge in [-0.05, 0) is 5.56 Å². The molecule has 0 aliphatic carbocycles. The first-order valence-electron chi connectivity index (χ1n) is 5.53. The lowest BCUT2D eigenvalue weighted by Gasteiger charge is -2.27. The van der Waals surface area contributed by atoms with E-state index in [9.17, 15) is 4.79 Å². The van der Waals surface area contributed by atoms with Crippen molar-refractivity contribution in [2.45, 2.75) is 6.54 Å². The van der Waals surface area contributed by atoms with Crippen molar-refractivity contribution in [3.63, 3.8) is 0 Å². The highest BCUT2D eigenvalue weighted by molar-refractivity contribution is 7.80. The molecular formula is C12H15N3OS. The van der Waals surface area contributed by atoms with Gasteiger partial charge in [-0.1, -0.05) is 36.5 Å². The van der Waals surface area contributed by atoms with Crippen LogP contribution in [0.2, 0.25) is 0 Å². The fourth-order valence-electron chi connectivity index (χ4n) is 1.97. The summed E-state index contributed by atoms with van der Waals surface area (Å²) in [6.07, 6.45) is 0. The predicted molar refractivity (Wildman–Crippen MR) is 70.6 cm³/mol. The van der Waals surface area contributed by atoms with Crippen LogP contribution in [0.25, 0.3) is 0 Å². The summed E-state index contributed by atoms with van der Waals surface area (Å²) in [6.45, 7) is 2.71. The highest BCUT2D eigenvalue weighted by Gasteiger charge is 2.17. The first-order chi connectivity index (χ1) is 8.16. The van der Waals surface area contributed by atoms with Crippen molar-refractivity contribution in [2.24, 2.45) is 5.73 Å². The van der Waals surface area contributed by atoms with Crippen molar-refractivity contribution in [1.29, 1.82) is 0 Å². The molecule has 1 aromatic rings. The smallest absolute Gasteiger partial charge is 0.234 e. The Morgan fingerprint density at radius 2 is 2.24 bits per heavy atom. The van der Waals surface area contributed by atoms with E-state index in [0.717, 1.165) is 17.7 Å². The van der Waals surface area contributed by atoms with Gasteiger partial charge in [0.15, 0.2) is 0 Å². The molecule has 0 radical (unpaired) electrons. The average Bonchev–Trinajstić information content (AvgIpc) is 2.29. The molecule has 5 heteroatoms. The lowest BCUT2D eigenvalue weighted by molar-refractivity contribution is -0.124. The minimum absolute atomic E-state index is 0.0732. The summed E-state index contributed by atoms with van der Waals surface area (Å²) in [6, 6.07) is 7.80. The number of benzene rings is 1. The second kappa shape index (κ2) is 5.25. The highest BCUT2D eigenvalue weighted by atomic mass is 32.1. The Bertz CT molecular complexity index is 447. The summed E-state index contributed by atoms with van der Waals surface area (Å²) >= 11 is 5.02. The molecule has 2 rings (SSSR count). The lowest BCUT2D eigenvalue weighted by Crippen LogP contribution is -2.47. The van der Waals surface area contributed by atoms with Gasteiger partial charge in [-0.3, -0.25) is 9.69 Å². The second-order valence-corrected chi connectivity index (χ2v) is 4.52. The molecule has 1 heterocycles. The van der Waals surface area contributed by atoms with Crippen LogP contribution in [0.5, 0.6) is 0 Å². The average molecular weight is 249 g/mol. The normalized spacial score (nSPS) is 16.6. The number of rotatable bonds is 3. The Kier molecular flexibility index (Phi) is 3.71. The molecule has 0 unspecified atom stereocenters. The molecule has 17 heavy (non-hydrogen) atoms. The van der Waals surface area contributed by atoms with Crippen LogP contribution >= 0.6 is 12.2 Å². The van der Waals surface area contributed by atoms with E-state index in [1.54, 1.807) is 0 Å². The van der Waals surface area contributed by atoms with Crippen LogP contribution in [0.4, 0.5) is 0 Å². The minimum atomic E-state index is 0.0732. The quantitative estimate of drug-likeness (QED) is 0.754. The molecule has 3 N–H and O–H groups in total. The Labute approximate surface area is 106 Å². The van der Waals surface area contributed by atoms with E-state index >= 15 is 0 Å². The summed E-state index contributed by atoms with van der Waals surface area (Å²) in [5.41, 5.74) is 7.66. The molecule has 1 amide bonds. The second-order valence-electron chi connectivity index (χ2n) is 4.08. The fraction of sp³-hybridized carbons (Fsp3) is 0.333. The molecule has 1 aromatic carbocycles. The zero-order chi connectivity index (χ0) is 12.3. The fourth-order valence-corrected chi connectivity index (χ4v) is 2.17. The molecular weight excluding hydrogens is 234 g/mol. The first kappa shape index (κ1) is 12.0. The SMILES string of the molecule is NC(=S)c1ccccc1CN1CCNC(=O)C1. The summed E-state index contributed by atoms with van der Waals surface area (Å²) < 4.78 is 0. The van der Waals surface area contributed by atoms with E-state index in [1.807, 2.05) is 24.3 Å². The van der Waals surface area contributed by atoms with Crippen LogP contribution < -0.4 is 11.1 Å². The molecule has 0 atom stereocenters. The third-order valence-corrected chi connectivity index (χ3v) is 3.01. The van der Waals surface area contributed by atoms with E-state index in [2.05, 4.69) is 10.2 Å². The number of nitrogens with two attached hydrogens (primary N) is 1. The number of amides is 1. The molecule has 90 valence electrons. The van der Waals surface area contributed by atoms with Crippen molar-refractivity contribution in [2.75, 3.05) is 19.6 Å². The summed E-state index contributed by atoms with van der Waals surface area (Å²) in [4.78, 5) is 13.8. The van der Waals surface area contributed by atoms with E-state index in [0.29, 0.717) is 24.6 Å². The zero-order valence-electron chi connectivity index (χ0n) is 9.48. The number of nitrogens with one attached hydrogen (secondary N) is 1. The maximum absolute atomic E-state index is 11.3. The monoisotopic (exact) mass is 249 g/mol. The number of nitrogens with zero attached hydrogens (tertiary/aromatic N) is 1. The van der Waals surface area contributed by atoms with Gasteiger partial charge in [0.2, 0.25) is 5.91 Å². The molecule has 1 aliphatic heterocycles. The zero-order valence-corrected chi connectivity index (χ0v) is 10.3. The highest BCUT2D eigenvalue weighted by Crippen LogP contribution is 2.12. The van der Waals surface area contributed by atoms with Crippen molar-refractivity contribution in [3.05, 3.63) is 35.4 Å². The van der Waals surface area contributed by atoms with Crippen molar-refractivity contribution in [3.8, 4) is 0 Å². The topological polar surface area (TPSA) is 58.4 Å². The molecule has 1 fully saturated rings. The van der Waals surface area contributed by atoms with Gasteiger partial charge in [0, 0.05) is 25.2 Å². The molecule has 1 saturated heterocycles. The molecule has 0 aromatic heterocycles. The van der Waals surface area contributed by atoms with Gasteiger partial charge in [0.1, 0.15) is 4.99 Å². The van der Waals surface area contributed by atoms with Crippen LogP contribution in [0.3, 0.4) is 0 Å². The Hall–Kier alpha value is -1.46. The largest absolute Gasteiger partial charge is 0.389 e. The maximum atomic E-state index is 11.3. The molecule has 1 aliphatic rings. The molecule has 0 saturated carbocycles. The Morgan fingerprint density at radius 1 is 1.47 bits per heavy atom. The van der Waals surface area contributed by atoms with Crippen LogP contribution in [-0.4, -0.2) is 35.4 Å². The first-order valence-corrected chi connectivity index (χ1v) is 5.94. The summed E-state index contributed by atoms with van der Waals surface area (Å²) in [7, 11) is 0. The molecule has 0 bridgehead atoms. The Balaban J connectivity index is 2.12. The summed E-state index contributed by atoms with van der Waals surface area (Å²) in [5.74, 6) is 0.0732. The van der Waals surface area contributed by atoms with E-state index < -0.39 is 0 Å². The van der Waals surface area contributed by atoms with Gasteiger partial charge in [-0.25, -0.2) is 0 Å². The van der Waals surface area contributed by atoms with Crippen molar-refractivity contribution >= 4 is 23.1 Å². The van der Waals surface area contributed by atoms with Crippen LogP contribution in [-0.2, 0) is 11.3 Å². The van der Waals surface area contributed by atoms with Gasteiger partial charge >= 0.3 is 0 Å². The number of carbonyl (C=O) groups excluding carboxylic acids is 1. The van der Waals surface area contributed by atoms with Crippen LogP contribution in [0.15, 0.2) is 24.3 Å². The maximum Gasteiger partial charge on any atom is 0.234 e. The minimum Gasteiger partial charge on any atom is -0.389 e. The summed E-state index contributed by atoms with van der Waals surface area (Å²) in [5, 5.41) is 2.80. The van der Waals surface area contributed by atoms with E-state index in [-0.39, 0.29) is 5.91 Å². The van der Waals surface area contributed by atoms with Crippen molar-refractivity contribution in [1.82, 2.24) is 10.2 Å². The van der Waals surface area contributed by atoms with E-state index in [1.165, 1.54) is 0 Å². The van der Waals surface area contributed by atoms with Gasteiger partial charge in [0.05, 0.1) is 6.54 Å². The molecule has 4 nitrogen and oxygen atoms in total. The van der Waals surface area contributed by atoms with Crippen LogP contribution in [0.1, 0.15) is 11.1 Å².